The van der Waals surface area contributed by atoms with Crippen LogP contribution in [0.4, 0.5) is 17.1 Å². The van der Waals surface area contributed by atoms with Crippen molar-refractivity contribution in [2.45, 2.75) is 29.9 Å². The first kappa shape index (κ1) is 19.2. The Kier molecular flexibility index (Phi) is 6.01. The summed E-state index contributed by atoms with van der Waals surface area (Å²) in [5, 5.41) is 43.6. The second-order valence-electron chi connectivity index (χ2n) is 5.52. The van der Waals surface area contributed by atoms with Crippen LogP contribution >= 0.6 is 11.6 Å². The minimum absolute atomic E-state index is 0.384. The third kappa shape index (κ3) is 4.28. The molecule has 0 saturated carbocycles. The summed E-state index contributed by atoms with van der Waals surface area (Å²) >= 11 is 6.12. The molecule has 136 valence electrons. The minimum atomic E-state index is -1.46. The van der Waals surface area contributed by atoms with E-state index in [0.29, 0.717) is 17.5 Å². The van der Waals surface area contributed by atoms with E-state index in [1.54, 1.807) is 0 Å². The fourth-order valence-electron chi connectivity index (χ4n) is 2.84. The van der Waals surface area contributed by atoms with Crippen molar-refractivity contribution in [2.24, 2.45) is 0 Å². The average Bonchev–Trinajstić information content (AvgIpc) is 3.13. The second kappa shape index (κ2) is 7.83. The van der Waals surface area contributed by atoms with E-state index < -0.39 is 37.6 Å². The molecule has 0 amide bonds. The number of benzene rings is 1. The molecule has 12 heteroatoms. The Morgan fingerprint density at radius 2 is 1.52 bits per heavy atom. The summed E-state index contributed by atoms with van der Waals surface area (Å²) in [4.78, 5) is 27.5. The van der Waals surface area contributed by atoms with Crippen LogP contribution in [0.3, 0.4) is 0 Å². The van der Waals surface area contributed by atoms with Gasteiger partial charge in [-0.05, 0) is 17.3 Å². The first-order chi connectivity index (χ1) is 11.7. The number of hydrogen-bond donors (Lipinski definition) is 0. The van der Waals surface area contributed by atoms with E-state index in [4.69, 9.17) is 11.6 Å². The molecule has 1 aromatic rings. The Bertz CT molecular complexity index is 682. The molecule has 0 spiro atoms. The van der Waals surface area contributed by atoms with Crippen LogP contribution in [0.5, 0.6) is 5.75 Å². The van der Waals surface area contributed by atoms with E-state index in [1.807, 2.05) is 0 Å². The number of fused-ring (bicyclic) bond motifs is 1. The van der Waals surface area contributed by atoms with Crippen LogP contribution in [0.15, 0.2) is 12.1 Å². The van der Waals surface area contributed by atoms with Gasteiger partial charge in [-0.2, -0.15) is 0 Å². The molecule has 3 rings (SSSR count). The zero-order valence-electron chi connectivity index (χ0n) is 12.8. The molecule has 0 aliphatic carbocycles. The predicted molar refractivity (Wildman–Crippen MR) is 90.2 cm³/mol. The molecule has 3 atom stereocenters. The maximum atomic E-state index is 11.1. The van der Waals surface area contributed by atoms with Gasteiger partial charge >= 0.3 is 0 Å². The molecule has 2 fully saturated rings. The molecule has 0 radical (unpaired) electrons. The minimum Gasteiger partial charge on any atom is -0.863 e. The van der Waals surface area contributed by atoms with Crippen molar-refractivity contribution >= 4 is 39.6 Å². The molecule has 2 saturated heterocycles. The highest BCUT2D eigenvalue weighted by Crippen LogP contribution is 2.37. The molecule has 0 aromatic heterocycles. The average molecular weight is 392 g/mol. The maximum Gasteiger partial charge on any atom is 0.283 e. The largest absolute Gasteiger partial charge is 0.863 e. The number of halogens is 1. The molecular formula is C13H14ClN3O7S. The number of hydrogen-bond acceptors (Lipinski definition) is 7. The van der Waals surface area contributed by atoms with Crippen LogP contribution in [-0.4, -0.2) is 36.9 Å². The number of rotatable bonds is 3. The number of alkyl halides is 1. The number of non-ortho nitro benzene ring substituents is 1. The lowest BCUT2D eigenvalue weighted by Gasteiger charge is -2.06. The molecule has 3 unspecified atom stereocenters. The molecule has 0 bridgehead atoms. The number of nitrogens with zero attached hydrogens (tertiary/aromatic N) is 3. The van der Waals surface area contributed by atoms with Gasteiger partial charge in [0.15, 0.2) is 0 Å². The predicted octanol–water partition coefficient (Wildman–Crippen LogP) is 2.26. The van der Waals surface area contributed by atoms with Crippen molar-refractivity contribution in [3.63, 3.8) is 0 Å². The third-order valence-electron chi connectivity index (χ3n) is 4.02. The molecule has 25 heavy (non-hydrogen) atoms. The topological polar surface area (TPSA) is 152 Å². The normalized spacial score (nSPS) is 24.1. The van der Waals surface area contributed by atoms with Crippen LogP contribution in [0, 0.1) is 30.3 Å². The molecule has 1 aromatic carbocycles. The highest BCUT2D eigenvalue weighted by Gasteiger charge is 2.46. The Balaban J connectivity index is 0.000000208. The fraction of sp³-hybridized carbons (Fsp3) is 0.538. The van der Waals surface area contributed by atoms with E-state index in [-0.39, 0.29) is 0 Å². The monoisotopic (exact) mass is 391 g/mol. The Hall–Kier alpha value is -2.14. The van der Waals surface area contributed by atoms with Crippen molar-refractivity contribution < 1.29 is 19.9 Å². The highest BCUT2D eigenvalue weighted by molar-refractivity contribution is 7.98. The molecule has 2 aliphatic heterocycles. The first-order valence-electron chi connectivity index (χ1n) is 7.31. The van der Waals surface area contributed by atoms with Crippen LogP contribution in [-0.2, 0) is 10.9 Å². The summed E-state index contributed by atoms with van der Waals surface area (Å²) in [5.74, 6) is 1.48. The van der Waals surface area contributed by atoms with E-state index >= 15 is 0 Å². The standard InChI is InChI=1S/C7H12ClS.C6H3N3O7/c8-6-3-5-9-4-1-2-7(6)9;10-6-4(8(13)14)1-3(7(11)12)2-5(6)9(15)16/h6-7H,1-5H2;1-2,10H/q+1;/p-1. The van der Waals surface area contributed by atoms with Crippen molar-refractivity contribution in [1.82, 2.24) is 0 Å². The summed E-state index contributed by atoms with van der Waals surface area (Å²) in [6.45, 7) is 0. The second-order valence-corrected chi connectivity index (χ2v) is 8.57. The molecule has 10 nitrogen and oxygen atoms in total. The maximum absolute atomic E-state index is 11.1. The van der Waals surface area contributed by atoms with E-state index in [9.17, 15) is 35.4 Å². The third-order valence-corrected chi connectivity index (χ3v) is 7.69. The quantitative estimate of drug-likeness (QED) is 0.331. The van der Waals surface area contributed by atoms with Crippen molar-refractivity contribution in [3.05, 3.63) is 42.5 Å². The van der Waals surface area contributed by atoms with E-state index in [1.165, 1.54) is 30.8 Å². The van der Waals surface area contributed by atoms with Crippen molar-refractivity contribution in [3.8, 4) is 5.75 Å². The van der Waals surface area contributed by atoms with Gasteiger partial charge in [0.05, 0.1) is 38.0 Å². The molecular weight excluding hydrogens is 378 g/mol. The Morgan fingerprint density at radius 3 is 1.96 bits per heavy atom. The number of nitro groups is 3. The van der Waals surface area contributed by atoms with Crippen LogP contribution < -0.4 is 5.11 Å². The van der Waals surface area contributed by atoms with Gasteiger partial charge in [-0.1, -0.05) is 0 Å². The van der Waals surface area contributed by atoms with Crippen molar-refractivity contribution in [1.29, 1.82) is 0 Å². The van der Waals surface area contributed by atoms with Crippen LogP contribution in [0.2, 0.25) is 0 Å². The lowest BCUT2D eigenvalue weighted by Crippen LogP contribution is -2.16. The zero-order chi connectivity index (χ0) is 18.7. The summed E-state index contributed by atoms with van der Waals surface area (Å²) in [7, 11) is 0.770. The molecule has 0 N–H and O–H groups in total. The lowest BCUT2D eigenvalue weighted by molar-refractivity contribution is -0.420. The molecule has 2 aliphatic rings. The summed E-state index contributed by atoms with van der Waals surface area (Å²) < 4.78 is 0. The summed E-state index contributed by atoms with van der Waals surface area (Å²) in [6, 6.07) is 0.769. The van der Waals surface area contributed by atoms with Gasteiger partial charge < -0.3 is 5.11 Å². The van der Waals surface area contributed by atoms with Gasteiger partial charge in [0, 0.05) is 12.8 Å². The van der Waals surface area contributed by atoms with Gasteiger partial charge in [0.25, 0.3) is 17.1 Å². The van der Waals surface area contributed by atoms with Gasteiger partial charge in [0.2, 0.25) is 0 Å². The van der Waals surface area contributed by atoms with Crippen molar-refractivity contribution in [2.75, 3.05) is 11.5 Å². The van der Waals surface area contributed by atoms with Gasteiger partial charge in [-0.15, -0.1) is 11.6 Å². The Morgan fingerprint density at radius 1 is 0.960 bits per heavy atom. The van der Waals surface area contributed by atoms with E-state index in [0.717, 1.165) is 16.1 Å². The Labute approximate surface area is 149 Å². The van der Waals surface area contributed by atoms with E-state index in [2.05, 4.69) is 0 Å². The summed E-state index contributed by atoms with van der Waals surface area (Å²) in [5.41, 5.74) is -3.26. The molecule has 2 heterocycles. The zero-order valence-corrected chi connectivity index (χ0v) is 14.4. The summed E-state index contributed by atoms with van der Waals surface area (Å²) in [6.07, 6.45) is 4.18. The van der Waals surface area contributed by atoms with Gasteiger partial charge in [-0.3, -0.25) is 30.3 Å². The smallest absolute Gasteiger partial charge is 0.283 e. The lowest BCUT2D eigenvalue weighted by atomic mass is 10.2. The fourth-order valence-corrected chi connectivity index (χ4v) is 6.60. The van der Waals surface area contributed by atoms with Crippen LogP contribution in [0.1, 0.15) is 19.3 Å². The van der Waals surface area contributed by atoms with Gasteiger partial charge in [0.1, 0.15) is 16.8 Å². The SMILES string of the molecule is ClC1CC[S+]2CCCC12.O=[N+]([O-])c1cc([N+](=O)[O-])c([O-])c([N+](=O)[O-])c1. The number of nitro benzene ring substituents is 3. The van der Waals surface area contributed by atoms with Crippen LogP contribution in [0.25, 0.3) is 0 Å². The first-order valence-corrected chi connectivity index (χ1v) is 9.37. The highest BCUT2D eigenvalue weighted by atomic mass is 35.5. The van der Waals surface area contributed by atoms with Gasteiger partial charge in [-0.25, -0.2) is 0 Å².